The number of rotatable bonds is 4. The molecule has 0 aromatic carbocycles. The number of piperidine rings is 1. The van der Waals surface area contributed by atoms with Crippen molar-refractivity contribution in [2.45, 2.75) is 43.9 Å². The van der Waals surface area contributed by atoms with Gasteiger partial charge in [0.05, 0.1) is 6.10 Å². The third kappa shape index (κ3) is 5.17. The van der Waals surface area contributed by atoms with Crippen molar-refractivity contribution in [3.05, 3.63) is 18.3 Å². The predicted octanol–water partition coefficient (Wildman–Crippen LogP) is 1.25. The van der Waals surface area contributed by atoms with Crippen LogP contribution < -0.4 is 10.6 Å². The Bertz CT molecular complexity index is 529. The van der Waals surface area contributed by atoms with Gasteiger partial charge in [-0.1, -0.05) is 0 Å². The first-order valence-electron chi connectivity index (χ1n) is 8.34. The summed E-state index contributed by atoms with van der Waals surface area (Å²) in [5.74, 6) is 1.00. The lowest BCUT2D eigenvalue weighted by atomic mass is 10.0. The fourth-order valence-corrected chi connectivity index (χ4v) is 3.41. The normalized spacial score (nSPS) is 23.5. The van der Waals surface area contributed by atoms with Gasteiger partial charge in [-0.15, -0.1) is 29.9 Å². The summed E-state index contributed by atoms with van der Waals surface area (Å²) in [7, 11) is 1.89. The van der Waals surface area contributed by atoms with E-state index in [1.807, 2.05) is 24.1 Å². The molecule has 3 rings (SSSR count). The molecular weight excluding hydrogens is 365 g/mol. The van der Waals surface area contributed by atoms with Crippen LogP contribution in [0.1, 0.15) is 25.7 Å². The quantitative estimate of drug-likeness (QED) is 0.831. The van der Waals surface area contributed by atoms with E-state index in [0.29, 0.717) is 6.54 Å². The van der Waals surface area contributed by atoms with Crippen LogP contribution in [0.15, 0.2) is 18.3 Å². The van der Waals surface area contributed by atoms with E-state index in [-0.39, 0.29) is 49.0 Å². The summed E-state index contributed by atoms with van der Waals surface area (Å²) in [6, 6.07) is 4.13. The molecule has 1 amide bonds. The van der Waals surface area contributed by atoms with Crippen LogP contribution in [0.3, 0.4) is 0 Å². The minimum Gasteiger partial charge on any atom is -0.364 e. The van der Waals surface area contributed by atoms with Gasteiger partial charge in [-0.3, -0.25) is 4.79 Å². The second-order valence-corrected chi connectivity index (χ2v) is 6.31. The standard InChI is InChI=1S/C16H25N5O2.2ClH/c1-20(16(22)14-5-4-13(11-17)23-14)12-6-9-21(10-7-12)15-3-2-8-18-19-15;;/h2-3,8,12-14H,4-7,9-11,17H2,1H3;2*1H/t13-,14+;;/m1../s1. The van der Waals surface area contributed by atoms with Gasteiger partial charge in [0.1, 0.15) is 6.10 Å². The summed E-state index contributed by atoms with van der Waals surface area (Å²) in [5, 5.41) is 8.08. The minimum absolute atomic E-state index is 0. The third-order valence-electron chi connectivity index (χ3n) is 4.89. The maximum Gasteiger partial charge on any atom is 0.251 e. The minimum atomic E-state index is -0.313. The van der Waals surface area contributed by atoms with Crippen LogP contribution in [-0.2, 0) is 9.53 Å². The molecule has 7 nitrogen and oxygen atoms in total. The van der Waals surface area contributed by atoms with E-state index in [0.717, 1.165) is 44.6 Å². The molecule has 0 bridgehead atoms. The molecule has 2 atom stereocenters. The molecule has 2 aliphatic heterocycles. The number of likely N-dealkylation sites (N-methyl/N-ethyl adjacent to an activating group) is 1. The number of carbonyl (C=O) groups is 1. The topological polar surface area (TPSA) is 84.6 Å². The van der Waals surface area contributed by atoms with Crippen molar-refractivity contribution < 1.29 is 9.53 Å². The number of carbonyl (C=O) groups excluding carboxylic acids is 1. The molecule has 0 saturated carbocycles. The van der Waals surface area contributed by atoms with E-state index in [4.69, 9.17) is 10.5 Å². The van der Waals surface area contributed by atoms with Crippen LogP contribution >= 0.6 is 24.8 Å². The lowest BCUT2D eigenvalue weighted by Crippen LogP contribution is -2.48. The second kappa shape index (κ2) is 10.1. The Morgan fingerprint density at radius 2 is 2.04 bits per heavy atom. The van der Waals surface area contributed by atoms with Gasteiger partial charge in [0.2, 0.25) is 0 Å². The maximum absolute atomic E-state index is 12.6. The average Bonchev–Trinajstić information content (AvgIpc) is 3.10. The highest BCUT2D eigenvalue weighted by Gasteiger charge is 2.35. The number of nitrogens with zero attached hydrogens (tertiary/aromatic N) is 4. The predicted molar refractivity (Wildman–Crippen MR) is 101 cm³/mol. The number of hydrogen-bond acceptors (Lipinski definition) is 6. The molecule has 142 valence electrons. The highest BCUT2D eigenvalue weighted by atomic mass is 35.5. The van der Waals surface area contributed by atoms with Crippen LogP contribution in [0.2, 0.25) is 0 Å². The number of hydrogen-bond donors (Lipinski definition) is 1. The molecule has 2 aliphatic rings. The lowest BCUT2D eigenvalue weighted by molar-refractivity contribution is -0.143. The molecule has 9 heteroatoms. The molecule has 0 radical (unpaired) electrons. The molecule has 25 heavy (non-hydrogen) atoms. The zero-order valence-corrected chi connectivity index (χ0v) is 16.0. The monoisotopic (exact) mass is 391 g/mol. The number of halogens is 2. The molecule has 0 aliphatic carbocycles. The highest BCUT2D eigenvalue weighted by Crippen LogP contribution is 2.24. The van der Waals surface area contributed by atoms with Gasteiger partial charge in [-0.05, 0) is 37.8 Å². The second-order valence-electron chi connectivity index (χ2n) is 6.31. The summed E-state index contributed by atoms with van der Waals surface area (Å²) in [6.07, 6.45) is 4.94. The summed E-state index contributed by atoms with van der Waals surface area (Å²) in [6.45, 7) is 2.26. The Morgan fingerprint density at radius 1 is 1.32 bits per heavy atom. The Morgan fingerprint density at radius 3 is 2.60 bits per heavy atom. The molecule has 0 spiro atoms. The Kier molecular flexibility index (Phi) is 8.85. The van der Waals surface area contributed by atoms with Crippen molar-refractivity contribution >= 4 is 36.5 Å². The number of amides is 1. The fraction of sp³-hybridized carbons (Fsp3) is 0.688. The van der Waals surface area contributed by atoms with E-state index >= 15 is 0 Å². The number of nitrogens with two attached hydrogens (primary N) is 1. The number of ether oxygens (including phenoxy) is 1. The zero-order valence-electron chi connectivity index (χ0n) is 14.4. The molecule has 2 N–H and O–H groups in total. The van der Waals surface area contributed by atoms with Crippen molar-refractivity contribution in [1.29, 1.82) is 0 Å². The molecule has 0 unspecified atom stereocenters. The maximum atomic E-state index is 12.6. The highest BCUT2D eigenvalue weighted by molar-refractivity contribution is 5.85. The van der Waals surface area contributed by atoms with Gasteiger partial charge in [-0.2, -0.15) is 5.10 Å². The molecule has 1 aromatic rings. The molecule has 2 saturated heterocycles. The van der Waals surface area contributed by atoms with Gasteiger partial charge < -0.3 is 20.3 Å². The first-order valence-corrected chi connectivity index (χ1v) is 8.34. The smallest absolute Gasteiger partial charge is 0.251 e. The summed E-state index contributed by atoms with van der Waals surface area (Å²) >= 11 is 0. The summed E-state index contributed by atoms with van der Waals surface area (Å²) in [5.41, 5.74) is 5.62. The van der Waals surface area contributed by atoms with Crippen LogP contribution in [-0.4, -0.2) is 65.9 Å². The van der Waals surface area contributed by atoms with Crippen molar-refractivity contribution in [2.75, 3.05) is 31.6 Å². The summed E-state index contributed by atoms with van der Waals surface area (Å²) < 4.78 is 5.73. The Balaban J connectivity index is 0.00000156. The molecule has 3 heterocycles. The zero-order chi connectivity index (χ0) is 16.2. The Hall–Kier alpha value is -1.15. The van der Waals surface area contributed by atoms with Crippen molar-refractivity contribution in [1.82, 2.24) is 15.1 Å². The summed E-state index contributed by atoms with van der Waals surface area (Å²) in [4.78, 5) is 16.7. The van der Waals surface area contributed by atoms with Gasteiger partial charge >= 0.3 is 0 Å². The van der Waals surface area contributed by atoms with Crippen molar-refractivity contribution in [2.24, 2.45) is 5.73 Å². The fourth-order valence-electron chi connectivity index (χ4n) is 3.41. The van der Waals surface area contributed by atoms with E-state index < -0.39 is 0 Å². The molecular formula is C16H27Cl2N5O2. The van der Waals surface area contributed by atoms with Gasteiger partial charge in [0.25, 0.3) is 5.91 Å². The van der Waals surface area contributed by atoms with E-state index in [1.165, 1.54) is 0 Å². The van der Waals surface area contributed by atoms with E-state index in [1.54, 1.807) is 6.20 Å². The van der Waals surface area contributed by atoms with Gasteiger partial charge in [-0.25, -0.2) is 0 Å². The number of aromatic nitrogens is 2. The third-order valence-corrected chi connectivity index (χ3v) is 4.89. The number of anilines is 1. The largest absolute Gasteiger partial charge is 0.364 e. The van der Waals surface area contributed by atoms with Crippen molar-refractivity contribution in [3.63, 3.8) is 0 Å². The SMILES string of the molecule is CN(C(=O)[C@@H]1CC[C@H](CN)O1)C1CCN(c2cccnn2)CC1.Cl.Cl. The van der Waals surface area contributed by atoms with Crippen LogP contribution in [0, 0.1) is 0 Å². The van der Waals surface area contributed by atoms with Crippen LogP contribution in [0.4, 0.5) is 5.82 Å². The first kappa shape index (κ1) is 21.9. The van der Waals surface area contributed by atoms with E-state index in [2.05, 4.69) is 15.1 Å². The van der Waals surface area contributed by atoms with Crippen LogP contribution in [0.25, 0.3) is 0 Å². The van der Waals surface area contributed by atoms with Gasteiger partial charge in [0, 0.05) is 38.9 Å². The molecule has 1 aromatic heterocycles. The lowest BCUT2D eigenvalue weighted by Gasteiger charge is -2.37. The average molecular weight is 392 g/mol. The van der Waals surface area contributed by atoms with E-state index in [9.17, 15) is 4.79 Å². The first-order chi connectivity index (χ1) is 11.2. The molecule has 2 fully saturated rings. The Labute approximate surface area is 161 Å². The van der Waals surface area contributed by atoms with Crippen LogP contribution in [0.5, 0.6) is 0 Å². The van der Waals surface area contributed by atoms with Gasteiger partial charge in [0.15, 0.2) is 5.82 Å². The van der Waals surface area contributed by atoms with Crippen molar-refractivity contribution in [3.8, 4) is 0 Å².